The summed E-state index contributed by atoms with van der Waals surface area (Å²) < 4.78 is 39.2. The number of fused-ring (bicyclic) bond motifs is 1. The normalized spacial score (nSPS) is 11.4. The van der Waals surface area contributed by atoms with Gasteiger partial charge >= 0.3 is 6.18 Å². The highest BCUT2D eigenvalue weighted by Gasteiger charge is 2.30. The third-order valence-corrected chi connectivity index (χ3v) is 4.87. The van der Waals surface area contributed by atoms with Gasteiger partial charge in [-0.3, -0.25) is 0 Å². The first-order valence-electron chi connectivity index (χ1n) is 7.16. The Bertz CT molecular complexity index is 941. The Morgan fingerprint density at radius 2 is 1.79 bits per heavy atom. The van der Waals surface area contributed by atoms with Gasteiger partial charge in [0.2, 0.25) is 0 Å². The Balaban J connectivity index is 2.08. The van der Waals surface area contributed by atoms with Crippen LogP contribution < -0.4 is 0 Å². The van der Waals surface area contributed by atoms with Crippen molar-refractivity contribution in [2.45, 2.75) is 13.1 Å². The predicted molar refractivity (Wildman–Crippen MR) is 94.6 cm³/mol. The van der Waals surface area contributed by atoms with E-state index in [1.54, 1.807) is 11.3 Å². The molecule has 0 saturated heterocycles. The van der Waals surface area contributed by atoms with Gasteiger partial charge in [0, 0.05) is 26.1 Å². The van der Waals surface area contributed by atoms with Crippen LogP contribution >= 0.6 is 22.9 Å². The molecule has 2 aromatic carbocycles. The van der Waals surface area contributed by atoms with Gasteiger partial charge in [-0.25, -0.2) is 0 Å². The molecule has 3 aromatic rings. The molecule has 1 aromatic heterocycles. The smallest absolute Gasteiger partial charge is 0.166 e. The molecule has 0 nitrogen and oxygen atoms in total. The molecule has 3 rings (SSSR count). The maximum absolute atomic E-state index is 12.7. The van der Waals surface area contributed by atoms with E-state index in [4.69, 9.17) is 11.6 Å². The van der Waals surface area contributed by atoms with E-state index in [-0.39, 0.29) is 5.88 Å². The number of aryl methyl sites for hydroxylation is 1. The first-order valence-corrected chi connectivity index (χ1v) is 8.51. The maximum atomic E-state index is 12.7. The summed E-state index contributed by atoms with van der Waals surface area (Å²) in [5, 5.41) is 1.02. The van der Waals surface area contributed by atoms with Gasteiger partial charge in [0.1, 0.15) is 0 Å². The molecule has 0 N–H and O–H groups in total. The lowest BCUT2D eigenvalue weighted by atomic mass is 10.00. The molecule has 24 heavy (non-hydrogen) atoms. The van der Waals surface area contributed by atoms with Crippen LogP contribution in [0.15, 0.2) is 42.5 Å². The molecular weight excluding hydrogens is 353 g/mol. The van der Waals surface area contributed by atoms with E-state index in [9.17, 15) is 13.2 Å². The van der Waals surface area contributed by atoms with Crippen LogP contribution in [0.4, 0.5) is 13.2 Å². The summed E-state index contributed by atoms with van der Waals surface area (Å²) in [4.78, 5) is 1.06. The third-order valence-electron chi connectivity index (χ3n) is 3.67. The van der Waals surface area contributed by atoms with Crippen molar-refractivity contribution in [1.82, 2.24) is 0 Å². The minimum Gasteiger partial charge on any atom is -0.166 e. The lowest BCUT2D eigenvalue weighted by Crippen LogP contribution is -2.03. The summed E-state index contributed by atoms with van der Waals surface area (Å²) in [7, 11) is 0. The summed E-state index contributed by atoms with van der Waals surface area (Å²) in [5.41, 5.74) is 2.00. The number of benzene rings is 2. The second-order valence-electron chi connectivity index (χ2n) is 5.25. The third kappa shape index (κ3) is 3.28. The van der Waals surface area contributed by atoms with E-state index in [2.05, 4.69) is 11.8 Å². The van der Waals surface area contributed by atoms with Crippen molar-refractivity contribution in [3.8, 4) is 23.0 Å². The van der Waals surface area contributed by atoms with Crippen LogP contribution in [0.2, 0.25) is 0 Å². The van der Waals surface area contributed by atoms with Crippen molar-refractivity contribution in [2.75, 3.05) is 5.88 Å². The summed E-state index contributed by atoms with van der Waals surface area (Å²) in [5.74, 6) is 6.07. The lowest BCUT2D eigenvalue weighted by Gasteiger charge is -2.08. The molecule has 0 aliphatic heterocycles. The number of hydrogen-bond donors (Lipinski definition) is 0. The highest BCUT2D eigenvalue weighted by Crippen LogP contribution is 2.39. The molecular formula is C19H12ClF3S. The second kappa shape index (κ2) is 6.51. The molecule has 0 aliphatic carbocycles. The molecule has 5 heteroatoms. The monoisotopic (exact) mass is 364 g/mol. The average Bonchev–Trinajstić information content (AvgIpc) is 2.87. The zero-order valence-electron chi connectivity index (χ0n) is 12.7. The van der Waals surface area contributed by atoms with Crippen molar-refractivity contribution < 1.29 is 13.2 Å². The number of thiophene rings is 1. The zero-order valence-corrected chi connectivity index (χ0v) is 14.2. The van der Waals surface area contributed by atoms with Gasteiger partial charge in [-0.15, -0.1) is 22.9 Å². The van der Waals surface area contributed by atoms with Gasteiger partial charge in [0.15, 0.2) is 0 Å². The molecule has 0 aliphatic rings. The van der Waals surface area contributed by atoms with E-state index in [0.717, 1.165) is 43.8 Å². The Kier molecular flexibility index (Phi) is 4.58. The van der Waals surface area contributed by atoms with Crippen molar-refractivity contribution in [2.24, 2.45) is 0 Å². The summed E-state index contributed by atoms with van der Waals surface area (Å²) in [6.45, 7) is 1.97. The highest BCUT2D eigenvalue weighted by atomic mass is 35.5. The molecule has 0 unspecified atom stereocenters. The van der Waals surface area contributed by atoms with Crippen LogP contribution in [-0.2, 0) is 6.18 Å². The summed E-state index contributed by atoms with van der Waals surface area (Å²) in [6.07, 6.45) is -4.32. The van der Waals surface area contributed by atoms with Crippen LogP contribution in [0.3, 0.4) is 0 Å². The summed E-state index contributed by atoms with van der Waals surface area (Å²) in [6, 6.07) is 11.2. The van der Waals surface area contributed by atoms with Gasteiger partial charge in [0.25, 0.3) is 0 Å². The molecule has 0 radical (unpaired) electrons. The van der Waals surface area contributed by atoms with Crippen LogP contribution in [0.25, 0.3) is 21.2 Å². The Morgan fingerprint density at radius 3 is 2.42 bits per heavy atom. The van der Waals surface area contributed by atoms with Gasteiger partial charge in [-0.05, 0) is 36.8 Å². The number of alkyl halides is 4. The quantitative estimate of drug-likeness (QED) is 0.342. The van der Waals surface area contributed by atoms with Gasteiger partial charge in [0.05, 0.1) is 11.4 Å². The topological polar surface area (TPSA) is 0 Å². The Hall–Kier alpha value is -1.96. The van der Waals surface area contributed by atoms with Crippen LogP contribution in [0, 0.1) is 18.8 Å². The first-order chi connectivity index (χ1) is 11.4. The lowest BCUT2D eigenvalue weighted by molar-refractivity contribution is -0.137. The Morgan fingerprint density at radius 1 is 1.08 bits per heavy atom. The van der Waals surface area contributed by atoms with Crippen molar-refractivity contribution in [1.29, 1.82) is 0 Å². The molecule has 0 bridgehead atoms. The second-order valence-corrected chi connectivity index (χ2v) is 6.78. The van der Waals surface area contributed by atoms with Crippen molar-refractivity contribution >= 4 is 33.0 Å². The molecule has 0 amide bonds. The van der Waals surface area contributed by atoms with E-state index < -0.39 is 11.7 Å². The van der Waals surface area contributed by atoms with E-state index in [1.807, 2.05) is 25.1 Å². The molecule has 1 heterocycles. The average molecular weight is 365 g/mol. The van der Waals surface area contributed by atoms with Gasteiger partial charge in [-0.1, -0.05) is 30.0 Å². The van der Waals surface area contributed by atoms with E-state index in [0.29, 0.717) is 0 Å². The standard InChI is InChI=1S/C19H12ClF3S/c1-12-18(14-5-7-15(8-6-14)19(21,22)23)16-9-4-13(3-2-10-20)11-17(16)24-12/h4-9,11H,10H2,1H3. The predicted octanol–water partition coefficient (Wildman–Crippen LogP) is 6.49. The summed E-state index contributed by atoms with van der Waals surface area (Å²) >= 11 is 7.18. The molecule has 0 spiro atoms. The van der Waals surface area contributed by atoms with Gasteiger partial charge in [-0.2, -0.15) is 13.2 Å². The van der Waals surface area contributed by atoms with Crippen molar-refractivity contribution in [3.05, 3.63) is 58.5 Å². The first kappa shape index (κ1) is 16.9. The van der Waals surface area contributed by atoms with E-state index in [1.165, 1.54) is 12.1 Å². The minimum atomic E-state index is -4.32. The molecule has 0 fully saturated rings. The number of rotatable bonds is 1. The highest BCUT2D eigenvalue weighted by molar-refractivity contribution is 7.19. The van der Waals surface area contributed by atoms with E-state index >= 15 is 0 Å². The Labute approximate surface area is 146 Å². The largest absolute Gasteiger partial charge is 0.416 e. The molecule has 0 atom stereocenters. The SMILES string of the molecule is Cc1sc2cc(C#CCCl)ccc2c1-c1ccc(C(F)(F)F)cc1. The fraction of sp³-hybridized carbons (Fsp3) is 0.158. The van der Waals surface area contributed by atoms with Crippen LogP contribution in [0.1, 0.15) is 16.0 Å². The molecule has 0 saturated carbocycles. The van der Waals surface area contributed by atoms with Crippen molar-refractivity contribution in [3.63, 3.8) is 0 Å². The maximum Gasteiger partial charge on any atom is 0.416 e. The number of hydrogen-bond acceptors (Lipinski definition) is 1. The van der Waals surface area contributed by atoms with Crippen LogP contribution in [0.5, 0.6) is 0 Å². The minimum absolute atomic E-state index is 0.276. The fourth-order valence-corrected chi connectivity index (χ4v) is 3.81. The van der Waals surface area contributed by atoms with Gasteiger partial charge < -0.3 is 0 Å². The fourth-order valence-electron chi connectivity index (χ4n) is 2.62. The van der Waals surface area contributed by atoms with Crippen LogP contribution in [-0.4, -0.2) is 5.88 Å². The zero-order chi connectivity index (χ0) is 17.3. The number of halogens is 4. The molecule has 122 valence electrons.